The number of amides is 4. The second-order valence-electron chi connectivity index (χ2n) is 17.4. The van der Waals surface area contributed by atoms with Gasteiger partial charge in [0.05, 0.1) is 36.2 Å². The van der Waals surface area contributed by atoms with Gasteiger partial charge in [0.15, 0.2) is 0 Å². The smallest absolute Gasteiger partial charge is 0.308 e. The van der Waals surface area contributed by atoms with E-state index in [0.717, 1.165) is 37.7 Å². The third kappa shape index (κ3) is 8.06. The molecular weight excluding hydrogens is 688 g/mol. The topological polar surface area (TPSA) is 154 Å². The van der Waals surface area contributed by atoms with Crippen LogP contribution in [0.5, 0.6) is 0 Å². The van der Waals surface area contributed by atoms with Gasteiger partial charge >= 0.3 is 5.97 Å². The zero-order valence-electron chi connectivity index (χ0n) is 32.0. The Morgan fingerprint density at radius 3 is 2.31 bits per heavy atom. The standard InChI is InChI=1S/C41H56N6O7/c1-27(54-23-29-13-8-5-9-14-29)34(38(51)44-16-10-15-30(20-44)39(52)53)43-35(48)33-22-45(24-41(33)25-46(26-41)37(50)32-17-40(32,2)3)36(49)31-18-42-47(21-31)19-28-11-6-4-7-12-28/h4,6-7,11-12,18,21,27,29-30,32-34H,5,8-10,13-17,19-20,22-26H2,1-3H3,(H,43,48)(H,52,53)/t27-,30+,32-,33+,34+/m1/s1. The minimum atomic E-state index is -1.03. The maximum absolute atomic E-state index is 14.6. The Balaban J connectivity index is 1.10. The fourth-order valence-electron chi connectivity index (χ4n) is 9.24. The second-order valence-corrected chi connectivity index (χ2v) is 17.4. The van der Waals surface area contributed by atoms with Crippen molar-refractivity contribution in [1.82, 2.24) is 29.8 Å². The molecule has 2 saturated carbocycles. The van der Waals surface area contributed by atoms with Crippen LogP contribution >= 0.6 is 0 Å². The average Bonchev–Trinajstić information content (AvgIpc) is 3.45. The SMILES string of the molecule is C[C@@H](OCC1CCCCC1)[C@H](NC(=O)[C@@H]1CN(C(=O)c2cnn(Cc3ccccc3)c2)CC12CN(C(=O)[C@H]1CC1(C)C)C2)C(=O)N1CCC[C@H](C(=O)O)C1. The zero-order chi connectivity index (χ0) is 38.2. The molecule has 2 N–H and O–H groups in total. The highest BCUT2D eigenvalue weighted by Gasteiger charge is 2.62. The Bertz CT molecular complexity index is 1710. The van der Waals surface area contributed by atoms with Crippen LogP contribution in [0.15, 0.2) is 42.7 Å². The Morgan fingerprint density at radius 1 is 0.926 bits per heavy atom. The molecule has 1 aromatic heterocycles. The van der Waals surface area contributed by atoms with Gasteiger partial charge in [0.2, 0.25) is 17.7 Å². The summed E-state index contributed by atoms with van der Waals surface area (Å²) in [4.78, 5) is 73.3. The Hall–Kier alpha value is -4.26. The molecule has 54 heavy (non-hydrogen) atoms. The molecule has 5 fully saturated rings. The van der Waals surface area contributed by atoms with Crippen molar-refractivity contribution in [2.75, 3.05) is 45.9 Å². The maximum Gasteiger partial charge on any atom is 0.308 e. The van der Waals surface area contributed by atoms with Crippen LogP contribution in [0, 0.1) is 34.5 Å². The number of aliphatic carboxylic acids is 1. The Kier molecular flexibility index (Phi) is 10.9. The van der Waals surface area contributed by atoms with E-state index in [1.807, 2.05) is 35.2 Å². The molecule has 5 atom stereocenters. The van der Waals surface area contributed by atoms with Gasteiger partial charge in [0.25, 0.3) is 5.91 Å². The van der Waals surface area contributed by atoms with Crippen LogP contribution in [-0.4, -0.2) is 117 Å². The van der Waals surface area contributed by atoms with Gasteiger partial charge < -0.3 is 29.9 Å². The first-order chi connectivity index (χ1) is 25.8. The summed E-state index contributed by atoms with van der Waals surface area (Å²) in [6.07, 6.45) is 10.2. The van der Waals surface area contributed by atoms with Crippen molar-refractivity contribution < 1.29 is 33.8 Å². The fourth-order valence-corrected chi connectivity index (χ4v) is 9.24. The molecule has 7 rings (SSSR count). The number of carbonyl (C=O) groups is 5. The van der Waals surface area contributed by atoms with Crippen LogP contribution in [-0.2, 0) is 30.5 Å². The lowest BCUT2D eigenvalue weighted by Gasteiger charge is -2.50. The zero-order valence-corrected chi connectivity index (χ0v) is 32.0. The first-order valence-corrected chi connectivity index (χ1v) is 19.9. The van der Waals surface area contributed by atoms with Gasteiger partial charge in [0, 0.05) is 63.4 Å². The van der Waals surface area contributed by atoms with Crippen molar-refractivity contribution in [1.29, 1.82) is 0 Å². The summed E-state index contributed by atoms with van der Waals surface area (Å²) in [5.41, 5.74) is 0.765. The quantitative estimate of drug-likeness (QED) is 0.334. The van der Waals surface area contributed by atoms with Gasteiger partial charge in [-0.05, 0) is 55.9 Å². The van der Waals surface area contributed by atoms with Crippen molar-refractivity contribution in [2.24, 2.45) is 34.5 Å². The lowest BCUT2D eigenvalue weighted by molar-refractivity contribution is -0.153. The van der Waals surface area contributed by atoms with Crippen LogP contribution in [0.25, 0.3) is 0 Å². The number of likely N-dealkylation sites (tertiary alicyclic amines) is 3. The third-order valence-corrected chi connectivity index (χ3v) is 12.9. The minimum absolute atomic E-state index is 0.0381. The molecular formula is C41H56N6O7. The van der Waals surface area contributed by atoms with Gasteiger partial charge in [-0.2, -0.15) is 5.10 Å². The monoisotopic (exact) mass is 744 g/mol. The Morgan fingerprint density at radius 2 is 1.63 bits per heavy atom. The van der Waals surface area contributed by atoms with Crippen molar-refractivity contribution in [3.63, 3.8) is 0 Å². The molecule has 4 heterocycles. The van der Waals surface area contributed by atoms with Crippen molar-refractivity contribution in [3.8, 4) is 0 Å². The van der Waals surface area contributed by atoms with Gasteiger partial charge in [-0.15, -0.1) is 0 Å². The molecule has 13 nitrogen and oxygen atoms in total. The van der Waals surface area contributed by atoms with Crippen LogP contribution in [0.1, 0.15) is 88.1 Å². The number of hydrogen-bond acceptors (Lipinski definition) is 7. The number of nitrogens with zero attached hydrogens (tertiary/aromatic N) is 5. The number of rotatable bonds is 12. The molecule has 2 aliphatic carbocycles. The third-order valence-electron chi connectivity index (χ3n) is 12.9. The highest BCUT2D eigenvalue weighted by Crippen LogP contribution is 2.54. The van der Waals surface area contributed by atoms with Crippen LogP contribution in [0.4, 0.5) is 0 Å². The van der Waals surface area contributed by atoms with E-state index in [1.165, 1.54) is 6.42 Å². The van der Waals surface area contributed by atoms with E-state index < -0.39 is 35.4 Å². The number of carbonyl (C=O) groups excluding carboxylic acids is 4. The molecule has 3 saturated heterocycles. The van der Waals surface area contributed by atoms with Crippen molar-refractivity contribution in [2.45, 2.75) is 90.8 Å². The van der Waals surface area contributed by atoms with Crippen molar-refractivity contribution >= 4 is 29.6 Å². The number of carboxylic acids is 1. The number of ether oxygens (including phenoxy) is 1. The number of hydrogen-bond donors (Lipinski definition) is 2. The molecule has 0 radical (unpaired) electrons. The van der Waals surface area contributed by atoms with Crippen LogP contribution in [0.2, 0.25) is 0 Å². The lowest BCUT2D eigenvalue weighted by Crippen LogP contribution is -2.65. The van der Waals surface area contributed by atoms with E-state index in [2.05, 4.69) is 24.3 Å². The predicted molar refractivity (Wildman–Crippen MR) is 199 cm³/mol. The summed E-state index contributed by atoms with van der Waals surface area (Å²) in [5.74, 6) is -2.78. The molecule has 1 aromatic carbocycles. The molecule has 13 heteroatoms. The molecule has 4 amide bonds. The van der Waals surface area contributed by atoms with E-state index in [1.54, 1.807) is 33.8 Å². The van der Waals surface area contributed by atoms with Gasteiger partial charge in [-0.25, -0.2) is 0 Å². The molecule has 0 bridgehead atoms. The highest BCUT2D eigenvalue weighted by molar-refractivity contribution is 5.96. The minimum Gasteiger partial charge on any atom is -0.481 e. The van der Waals surface area contributed by atoms with Crippen molar-refractivity contribution in [3.05, 3.63) is 53.9 Å². The average molecular weight is 745 g/mol. The number of piperidine rings is 1. The molecule has 3 aliphatic heterocycles. The molecule has 0 unspecified atom stereocenters. The first kappa shape index (κ1) is 38.0. The summed E-state index contributed by atoms with van der Waals surface area (Å²) in [5, 5.41) is 17.3. The maximum atomic E-state index is 14.6. The van der Waals surface area contributed by atoms with E-state index >= 15 is 0 Å². The first-order valence-electron chi connectivity index (χ1n) is 19.9. The number of benzene rings is 1. The van der Waals surface area contributed by atoms with E-state index in [0.29, 0.717) is 63.7 Å². The largest absolute Gasteiger partial charge is 0.481 e. The van der Waals surface area contributed by atoms with Gasteiger partial charge in [-0.1, -0.05) is 63.4 Å². The van der Waals surface area contributed by atoms with E-state index in [-0.39, 0.29) is 48.1 Å². The van der Waals surface area contributed by atoms with E-state index in [9.17, 15) is 29.1 Å². The van der Waals surface area contributed by atoms with Crippen LogP contribution < -0.4 is 5.32 Å². The summed E-state index contributed by atoms with van der Waals surface area (Å²) < 4.78 is 8.07. The lowest BCUT2D eigenvalue weighted by atomic mass is 9.70. The second kappa shape index (κ2) is 15.5. The Labute approximate surface area is 317 Å². The molecule has 2 aromatic rings. The van der Waals surface area contributed by atoms with E-state index in [4.69, 9.17) is 4.74 Å². The molecule has 292 valence electrons. The highest BCUT2D eigenvalue weighted by atomic mass is 16.5. The summed E-state index contributed by atoms with van der Waals surface area (Å²) in [6.45, 7) is 8.61. The summed E-state index contributed by atoms with van der Waals surface area (Å²) in [6, 6.07) is 8.83. The molecule has 1 spiro atoms. The summed E-state index contributed by atoms with van der Waals surface area (Å²) >= 11 is 0. The number of nitrogens with one attached hydrogen (secondary N) is 1. The van der Waals surface area contributed by atoms with Crippen LogP contribution in [0.3, 0.4) is 0 Å². The summed E-state index contributed by atoms with van der Waals surface area (Å²) in [7, 11) is 0. The fraction of sp³-hybridized carbons (Fsp3) is 0.659. The number of carboxylic acid groups (broad SMARTS) is 1. The normalized spacial score (nSPS) is 25.8. The van der Waals surface area contributed by atoms with Gasteiger partial charge in [-0.3, -0.25) is 28.7 Å². The predicted octanol–water partition coefficient (Wildman–Crippen LogP) is 3.67. The van der Waals surface area contributed by atoms with Gasteiger partial charge in [0.1, 0.15) is 6.04 Å². The molecule has 5 aliphatic rings. The number of aromatic nitrogens is 2.